The summed E-state index contributed by atoms with van der Waals surface area (Å²) in [4.78, 5) is 0.344. The van der Waals surface area contributed by atoms with Crippen LogP contribution in [-0.2, 0) is 16.4 Å². The normalized spacial score (nSPS) is 17.1. The number of nitrogens with one attached hydrogen (secondary N) is 2. The highest BCUT2D eigenvalue weighted by Gasteiger charge is 2.19. The Bertz CT molecular complexity index is 521. The highest BCUT2D eigenvalue weighted by molar-refractivity contribution is 7.89. The van der Waals surface area contributed by atoms with E-state index in [0.29, 0.717) is 4.90 Å². The van der Waals surface area contributed by atoms with Crippen molar-refractivity contribution in [3.63, 3.8) is 0 Å². The van der Waals surface area contributed by atoms with Crippen LogP contribution < -0.4 is 10.0 Å². The van der Waals surface area contributed by atoms with Gasteiger partial charge >= 0.3 is 0 Å². The molecule has 112 valence electrons. The lowest BCUT2D eigenvalue weighted by atomic mass is 10.1. The van der Waals surface area contributed by atoms with Gasteiger partial charge in [-0.25, -0.2) is 13.1 Å². The molecule has 2 N–H and O–H groups in total. The van der Waals surface area contributed by atoms with Crippen LogP contribution in [0.25, 0.3) is 0 Å². The Kier molecular flexibility index (Phi) is 5.18. The average Bonchev–Trinajstić information content (AvgIpc) is 3.23. The van der Waals surface area contributed by atoms with Crippen LogP contribution >= 0.6 is 0 Å². The van der Waals surface area contributed by atoms with Gasteiger partial charge in [0.05, 0.1) is 4.90 Å². The number of hydrogen-bond acceptors (Lipinski definition) is 3. The average molecular weight is 296 g/mol. The molecule has 1 fully saturated rings. The summed E-state index contributed by atoms with van der Waals surface area (Å²) in [5.74, 6) is 0. The molecule has 5 heteroatoms. The molecular formula is C15H24N2O2S. The quantitative estimate of drug-likeness (QED) is 0.772. The van der Waals surface area contributed by atoms with Crippen LogP contribution in [-0.4, -0.2) is 27.0 Å². The standard InChI is InChI=1S/C15H24N2O2S/c1-3-12(2)17-20(18,19)15-8-4-13(5-9-15)10-11-16-14-6-7-14/h4-5,8-9,12,14,16-17H,3,6-7,10-11H2,1-2H3. The molecule has 1 aromatic rings. The van der Waals surface area contributed by atoms with E-state index < -0.39 is 10.0 Å². The van der Waals surface area contributed by atoms with E-state index in [2.05, 4.69) is 10.0 Å². The van der Waals surface area contributed by atoms with Crippen molar-refractivity contribution in [3.05, 3.63) is 29.8 Å². The molecule has 1 atom stereocenters. The molecule has 1 unspecified atom stereocenters. The van der Waals surface area contributed by atoms with E-state index in [4.69, 9.17) is 0 Å². The maximum atomic E-state index is 12.1. The first-order valence-corrected chi connectivity index (χ1v) is 8.84. The van der Waals surface area contributed by atoms with Crippen LogP contribution in [0.2, 0.25) is 0 Å². The second-order valence-corrected chi connectivity index (χ2v) is 7.27. The minimum absolute atomic E-state index is 0.0394. The highest BCUT2D eigenvalue weighted by Crippen LogP contribution is 2.18. The van der Waals surface area contributed by atoms with Gasteiger partial charge in [0.15, 0.2) is 0 Å². The third-order valence-corrected chi connectivity index (χ3v) is 5.23. The summed E-state index contributed by atoms with van der Waals surface area (Å²) in [7, 11) is -3.38. The first-order valence-electron chi connectivity index (χ1n) is 7.36. The van der Waals surface area contributed by atoms with Crippen LogP contribution in [0.5, 0.6) is 0 Å². The predicted molar refractivity (Wildman–Crippen MR) is 81.2 cm³/mol. The molecule has 1 aliphatic carbocycles. The summed E-state index contributed by atoms with van der Waals surface area (Å²) in [5, 5.41) is 3.45. The fourth-order valence-corrected chi connectivity index (χ4v) is 3.29. The van der Waals surface area contributed by atoms with E-state index in [0.717, 1.165) is 25.4 Å². The maximum Gasteiger partial charge on any atom is 0.240 e. The lowest BCUT2D eigenvalue weighted by Crippen LogP contribution is -2.31. The molecule has 1 aromatic carbocycles. The molecule has 0 radical (unpaired) electrons. The summed E-state index contributed by atoms with van der Waals surface area (Å²) < 4.78 is 26.9. The lowest BCUT2D eigenvalue weighted by molar-refractivity contribution is 0.556. The van der Waals surface area contributed by atoms with Crippen molar-refractivity contribution in [2.75, 3.05) is 6.54 Å². The Hall–Kier alpha value is -0.910. The third kappa shape index (κ3) is 4.58. The second-order valence-electron chi connectivity index (χ2n) is 5.55. The Morgan fingerprint density at radius 1 is 1.25 bits per heavy atom. The van der Waals surface area contributed by atoms with Gasteiger partial charge < -0.3 is 5.32 Å². The smallest absolute Gasteiger partial charge is 0.240 e. The van der Waals surface area contributed by atoms with Gasteiger partial charge in [-0.3, -0.25) is 0 Å². The largest absolute Gasteiger partial charge is 0.314 e. The molecule has 1 aliphatic rings. The van der Waals surface area contributed by atoms with Crippen molar-refractivity contribution in [2.24, 2.45) is 0 Å². The van der Waals surface area contributed by atoms with Gasteiger partial charge in [0.2, 0.25) is 10.0 Å². The topological polar surface area (TPSA) is 58.2 Å². The fraction of sp³-hybridized carbons (Fsp3) is 0.600. The zero-order valence-electron chi connectivity index (χ0n) is 12.2. The zero-order valence-corrected chi connectivity index (χ0v) is 13.0. The molecule has 0 aromatic heterocycles. The highest BCUT2D eigenvalue weighted by atomic mass is 32.2. The van der Waals surface area contributed by atoms with Gasteiger partial charge in [-0.05, 0) is 56.8 Å². The van der Waals surface area contributed by atoms with E-state index >= 15 is 0 Å². The first kappa shape index (κ1) is 15.5. The SMILES string of the molecule is CCC(C)NS(=O)(=O)c1ccc(CCNC2CC2)cc1. The van der Waals surface area contributed by atoms with Crippen molar-refractivity contribution >= 4 is 10.0 Å². The number of sulfonamides is 1. The van der Waals surface area contributed by atoms with Crippen LogP contribution in [0.1, 0.15) is 38.7 Å². The maximum absolute atomic E-state index is 12.1. The molecule has 0 heterocycles. The molecule has 0 saturated heterocycles. The summed E-state index contributed by atoms with van der Waals surface area (Å²) in [6.45, 7) is 4.79. The molecular weight excluding hydrogens is 272 g/mol. The van der Waals surface area contributed by atoms with Gasteiger partial charge in [-0.1, -0.05) is 19.1 Å². The van der Waals surface area contributed by atoms with E-state index in [1.54, 1.807) is 12.1 Å². The van der Waals surface area contributed by atoms with Crippen LogP contribution in [0.15, 0.2) is 29.2 Å². The van der Waals surface area contributed by atoms with Crippen LogP contribution in [0.4, 0.5) is 0 Å². The third-order valence-electron chi connectivity index (χ3n) is 3.63. The monoisotopic (exact) mass is 296 g/mol. The molecule has 0 spiro atoms. The van der Waals surface area contributed by atoms with Gasteiger partial charge in [0, 0.05) is 12.1 Å². The molecule has 4 nitrogen and oxygen atoms in total. The molecule has 0 amide bonds. The Morgan fingerprint density at radius 2 is 1.90 bits per heavy atom. The van der Waals surface area contributed by atoms with E-state index in [-0.39, 0.29) is 6.04 Å². The summed E-state index contributed by atoms with van der Waals surface area (Å²) in [5.41, 5.74) is 1.17. The lowest BCUT2D eigenvalue weighted by Gasteiger charge is -2.12. The van der Waals surface area contributed by atoms with Crippen molar-refractivity contribution in [3.8, 4) is 0 Å². The van der Waals surface area contributed by atoms with Crippen molar-refractivity contribution in [2.45, 2.75) is 56.5 Å². The Labute approximate surface area is 122 Å². The summed E-state index contributed by atoms with van der Waals surface area (Å²) in [6, 6.07) is 7.87. The van der Waals surface area contributed by atoms with Crippen LogP contribution in [0.3, 0.4) is 0 Å². The number of benzene rings is 1. The van der Waals surface area contributed by atoms with E-state index in [1.807, 2.05) is 26.0 Å². The minimum atomic E-state index is -3.38. The molecule has 0 aliphatic heterocycles. The zero-order chi connectivity index (χ0) is 14.6. The molecule has 1 saturated carbocycles. The molecule has 0 bridgehead atoms. The minimum Gasteiger partial charge on any atom is -0.314 e. The first-order chi connectivity index (χ1) is 9.51. The van der Waals surface area contributed by atoms with Crippen molar-refractivity contribution in [1.82, 2.24) is 10.0 Å². The second kappa shape index (κ2) is 6.70. The van der Waals surface area contributed by atoms with Gasteiger partial charge in [0.1, 0.15) is 0 Å². The molecule has 2 rings (SSSR count). The predicted octanol–water partition coefficient (Wildman–Crippen LogP) is 2.06. The summed E-state index contributed by atoms with van der Waals surface area (Å²) in [6.07, 6.45) is 4.30. The Balaban J connectivity index is 1.92. The van der Waals surface area contributed by atoms with Crippen molar-refractivity contribution in [1.29, 1.82) is 0 Å². The molecule has 20 heavy (non-hydrogen) atoms. The van der Waals surface area contributed by atoms with Crippen LogP contribution in [0, 0.1) is 0 Å². The van der Waals surface area contributed by atoms with E-state index in [1.165, 1.54) is 18.4 Å². The Morgan fingerprint density at radius 3 is 2.45 bits per heavy atom. The van der Waals surface area contributed by atoms with E-state index in [9.17, 15) is 8.42 Å². The van der Waals surface area contributed by atoms with Gasteiger partial charge in [0.25, 0.3) is 0 Å². The number of rotatable bonds is 8. The van der Waals surface area contributed by atoms with Crippen molar-refractivity contribution < 1.29 is 8.42 Å². The number of hydrogen-bond donors (Lipinski definition) is 2. The fourth-order valence-electron chi connectivity index (χ4n) is 1.96. The van der Waals surface area contributed by atoms with Gasteiger partial charge in [-0.15, -0.1) is 0 Å². The summed E-state index contributed by atoms with van der Waals surface area (Å²) >= 11 is 0. The van der Waals surface area contributed by atoms with Gasteiger partial charge in [-0.2, -0.15) is 0 Å².